The molecule has 14 heteroatoms. The van der Waals surface area contributed by atoms with Crippen molar-refractivity contribution in [2.45, 2.75) is 37.2 Å². The molecule has 0 amide bonds. The van der Waals surface area contributed by atoms with Crippen molar-refractivity contribution in [1.29, 1.82) is 0 Å². The molecule has 1 saturated carbocycles. The van der Waals surface area contributed by atoms with Gasteiger partial charge in [-0.25, -0.2) is 27.2 Å². The average molecular weight is 559 g/mol. The fraction of sp³-hybridized carbons (Fsp3) is 0.360. The molecule has 3 heterocycles. The van der Waals surface area contributed by atoms with Gasteiger partial charge in [-0.05, 0) is 37.8 Å². The highest BCUT2D eigenvalue weighted by atomic mass is 32.2. The molecule has 0 aliphatic heterocycles. The van der Waals surface area contributed by atoms with E-state index in [1.807, 2.05) is 30.8 Å². The molecule has 2 N–H and O–H groups in total. The minimum absolute atomic E-state index is 0.0204. The summed E-state index contributed by atoms with van der Waals surface area (Å²) in [6, 6.07) is 3.37. The molecule has 0 atom stereocenters. The molecule has 1 aliphatic carbocycles. The fourth-order valence-corrected chi connectivity index (χ4v) is 4.95. The van der Waals surface area contributed by atoms with Gasteiger partial charge in [0.05, 0.1) is 4.90 Å². The van der Waals surface area contributed by atoms with Crippen molar-refractivity contribution >= 4 is 33.1 Å². The van der Waals surface area contributed by atoms with E-state index in [9.17, 15) is 8.42 Å². The molecule has 1 aliphatic rings. The second kappa shape index (κ2) is 10.0. The number of methoxy groups -OCH3 is 1. The Bertz CT molecular complexity index is 1640. The standard InChI is InChI=1S/C25H28F2N8O3S/c1-13-8-19(33-32-13)29-24-21(14-6-7-14)22(18-11-34(2)20(28-18)12-38-4)30-25(31-24)35(3)23-16(26)9-15(10-17(23)27)39(5,36)37/h8-11,14H,6-7,12H2,1-5H3,(H2,29,30,31,32,33). The Hall–Kier alpha value is -3.91. The molecule has 206 valence electrons. The van der Waals surface area contributed by atoms with Crippen molar-refractivity contribution in [1.82, 2.24) is 29.7 Å². The third-order valence-corrected chi connectivity index (χ3v) is 7.51. The van der Waals surface area contributed by atoms with Crippen molar-refractivity contribution in [3.8, 4) is 11.4 Å². The molecule has 3 aromatic heterocycles. The number of sulfone groups is 1. The van der Waals surface area contributed by atoms with Crippen molar-refractivity contribution in [3.05, 3.63) is 53.1 Å². The largest absolute Gasteiger partial charge is 0.377 e. The number of aromatic nitrogens is 6. The van der Waals surface area contributed by atoms with Crippen LogP contribution in [0.1, 0.15) is 35.8 Å². The lowest BCUT2D eigenvalue weighted by atomic mass is 10.1. The van der Waals surface area contributed by atoms with E-state index in [0.717, 1.165) is 47.4 Å². The van der Waals surface area contributed by atoms with Gasteiger partial charge in [0, 0.05) is 51.0 Å². The Morgan fingerprint density at radius 1 is 1.18 bits per heavy atom. The predicted molar refractivity (Wildman–Crippen MR) is 141 cm³/mol. The first-order valence-corrected chi connectivity index (χ1v) is 14.0. The zero-order valence-electron chi connectivity index (χ0n) is 22.1. The molecule has 5 rings (SSSR count). The van der Waals surface area contributed by atoms with Gasteiger partial charge in [-0.2, -0.15) is 10.1 Å². The SMILES string of the molecule is COCc1nc(-c2nc(N(C)c3c(F)cc(S(C)(=O)=O)cc3F)nc(Nc3cc(C)[nH]n3)c2C2CC2)cn1C. The third kappa shape index (κ3) is 5.34. The number of aryl methyl sites for hydroxylation is 2. The molecule has 0 saturated heterocycles. The van der Waals surface area contributed by atoms with Gasteiger partial charge in [0.2, 0.25) is 5.95 Å². The Morgan fingerprint density at radius 2 is 1.87 bits per heavy atom. The highest BCUT2D eigenvalue weighted by Gasteiger charge is 2.34. The predicted octanol–water partition coefficient (Wildman–Crippen LogP) is 4.13. The molecule has 1 aromatic carbocycles. The number of anilines is 4. The second-order valence-electron chi connectivity index (χ2n) is 9.62. The number of H-pyrrole nitrogens is 1. The summed E-state index contributed by atoms with van der Waals surface area (Å²) < 4.78 is 61.2. The summed E-state index contributed by atoms with van der Waals surface area (Å²) in [6.07, 6.45) is 4.55. The van der Waals surface area contributed by atoms with Crippen LogP contribution in [0.25, 0.3) is 11.4 Å². The molecule has 11 nitrogen and oxygen atoms in total. The fourth-order valence-electron chi connectivity index (χ4n) is 4.32. The van der Waals surface area contributed by atoms with Crippen LogP contribution in [0.5, 0.6) is 0 Å². The summed E-state index contributed by atoms with van der Waals surface area (Å²) in [6.45, 7) is 2.15. The van der Waals surface area contributed by atoms with E-state index in [2.05, 4.69) is 20.5 Å². The van der Waals surface area contributed by atoms with Gasteiger partial charge < -0.3 is 19.5 Å². The summed E-state index contributed by atoms with van der Waals surface area (Å²) in [7, 11) is 1.01. The zero-order valence-corrected chi connectivity index (χ0v) is 22.9. The number of hydrogen-bond donors (Lipinski definition) is 2. The molecule has 4 aromatic rings. The van der Waals surface area contributed by atoms with E-state index < -0.39 is 32.1 Å². The Labute approximate surface area is 224 Å². The monoisotopic (exact) mass is 558 g/mol. The number of hydrogen-bond acceptors (Lipinski definition) is 9. The van der Waals surface area contributed by atoms with Gasteiger partial charge in [0.15, 0.2) is 27.3 Å². The van der Waals surface area contributed by atoms with Gasteiger partial charge in [-0.3, -0.25) is 5.10 Å². The maximum Gasteiger partial charge on any atom is 0.232 e. The first-order valence-electron chi connectivity index (χ1n) is 12.1. The lowest BCUT2D eigenvalue weighted by molar-refractivity contribution is 0.175. The molecule has 0 spiro atoms. The van der Waals surface area contributed by atoms with E-state index >= 15 is 8.78 Å². The van der Waals surface area contributed by atoms with Crippen LogP contribution in [0.15, 0.2) is 29.3 Å². The average Bonchev–Trinajstić information content (AvgIpc) is 3.52. The number of nitrogens with one attached hydrogen (secondary N) is 2. The summed E-state index contributed by atoms with van der Waals surface area (Å²) in [5, 5.41) is 10.4. The summed E-state index contributed by atoms with van der Waals surface area (Å²) in [5.41, 5.74) is 2.23. The molecule has 0 bridgehead atoms. The highest BCUT2D eigenvalue weighted by Crippen LogP contribution is 2.48. The first kappa shape index (κ1) is 26.7. The van der Waals surface area contributed by atoms with Crippen molar-refractivity contribution in [3.63, 3.8) is 0 Å². The summed E-state index contributed by atoms with van der Waals surface area (Å²) in [5.74, 6) is -0.357. The number of ether oxygens (including phenoxy) is 1. The molecular formula is C25H28F2N8O3S. The Morgan fingerprint density at radius 3 is 2.44 bits per heavy atom. The zero-order chi connectivity index (χ0) is 28.1. The number of nitrogens with zero attached hydrogens (tertiary/aromatic N) is 6. The summed E-state index contributed by atoms with van der Waals surface area (Å²) in [4.78, 5) is 14.8. The molecule has 1 fully saturated rings. The minimum atomic E-state index is -3.82. The summed E-state index contributed by atoms with van der Waals surface area (Å²) >= 11 is 0. The van der Waals surface area contributed by atoms with E-state index in [1.165, 1.54) is 7.05 Å². The van der Waals surface area contributed by atoms with Crippen molar-refractivity contribution < 1.29 is 21.9 Å². The van der Waals surface area contributed by atoms with Gasteiger partial charge >= 0.3 is 0 Å². The van der Waals surface area contributed by atoms with Crippen LogP contribution in [0.3, 0.4) is 0 Å². The van der Waals surface area contributed by atoms with Crippen LogP contribution in [0.2, 0.25) is 0 Å². The van der Waals surface area contributed by atoms with Gasteiger partial charge in [0.1, 0.15) is 35.3 Å². The Balaban J connectivity index is 1.69. The quantitative estimate of drug-likeness (QED) is 0.311. The topological polar surface area (TPSA) is 131 Å². The van der Waals surface area contributed by atoms with Crippen molar-refractivity contribution in [2.24, 2.45) is 7.05 Å². The molecular weight excluding hydrogens is 530 g/mol. The van der Waals surface area contributed by atoms with E-state index in [0.29, 0.717) is 28.8 Å². The number of imidazole rings is 1. The maximum atomic E-state index is 15.1. The van der Waals surface area contributed by atoms with Crippen LogP contribution >= 0.6 is 0 Å². The van der Waals surface area contributed by atoms with E-state index in [-0.39, 0.29) is 18.5 Å². The maximum absolute atomic E-state index is 15.1. The third-order valence-electron chi connectivity index (χ3n) is 6.41. The number of aromatic amines is 1. The smallest absolute Gasteiger partial charge is 0.232 e. The lowest BCUT2D eigenvalue weighted by Gasteiger charge is -2.22. The van der Waals surface area contributed by atoms with E-state index in [1.54, 1.807) is 7.11 Å². The van der Waals surface area contributed by atoms with Crippen molar-refractivity contribution in [2.75, 3.05) is 30.6 Å². The van der Waals surface area contributed by atoms with Crippen LogP contribution in [-0.2, 0) is 28.2 Å². The normalized spacial score (nSPS) is 13.6. The van der Waals surface area contributed by atoms with Crippen LogP contribution in [-0.4, -0.2) is 58.5 Å². The van der Waals surface area contributed by atoms with Crippen LogP contribution < -0.4 is 10.2 Å². The van der Waals surface area contributed by atoms with Gasteiger partial charge in [0.25, 0.3) is 0 Å². The van der Waals surface area contributed by atoms with Crippen LogP contribution in [0, 0.1) is 18.6 Å². The lowest BCUT2D eigenvalue weighted by Crippen LogP contribution is -2.19. The van der Waals surface area contributed by atoms with E-state index in [4.69, 9.17) is 14.7 Å². The molecule has 39 heavy (non-hydrogen) atoms. The number of halogens is 2. The number of benzene rings is 1. The van der Waals surface area contributed by atoms with Crippen LogP contribution in [0.4, 0.5) is 32.1 Å². The highest BCUT2D eigenvalue weighted by molar-refractivity contribution is 7.90. The first-order chi connectivity index (χ1) is 18.5. The van der Waals surface area contributed by atoms with Gasteiger partial charge in [-0.15, -0.1) is 0 Å². The molecule has 0 unspecified atom stereocenters. The van der Waals surface area contributed by atoms with Gasteiger partial charge in [-0.1, -0.05) is 0 Å². The molecule has 0 radical (unpaired) electrons. The number of rotatable bonds is 9. The minimum Gasteiger partial charge on any atom is -0.377 e. The second-order valence-corrected chi connectivity index (χ2v) is 11.6. The Kier molecular flexibility index (Phi) is 6.84.